The molecule has 140 valence electrons. The van der Waals surface area contributed by atoms with Crippen molar-refractivity contribution in [3.8, 4) is 11.4 Å². The summed E-state index contributed by atoms with van der Waals surface area (Å²) < 4.78 is 7.23. The van der Waals surface area contributed by atoms with Gasteiger partial charge in [0.25, 0.3) is 5.56 Å². The van der Waals surface area contributed by atoms with E-state index in [2.05, 4.69) is 4.98 Å². The van der Waals surface area contributed by atoms with Crippen molar-refractivity contribution >= 4 is 28.6 Å². The van der Waals surface area contributed by atoms with Gasteiger partial charge in [-0.2, -0.15) is 0 Å². The third kappa shape index (κ3) is 3.98. The zero-order valence-electron chi connectivity index (χ0n) is 15.5. The average Bonchev–Trinajstić information content (AvgIpc) is 2.67. The van der Waals surface area contributed by atoms with Crippen LogP contribution in [0.3, 0.4) is 0 Å². The molecule has 7 heteroatoms. The van der Waals surface area contributed by atoms with Crippen LogP contribution in [-0.4, -0.2) is 46.8 Å². The third-order valence-electron chi connectivity index (χ3n) is 3.97. The lowest BCUT2D eigenvalue weighted by Crippen LogP contribution is -2.26. The van der Waals surface area contributed by atoms with Gasteiger partial charge in [0.15, 0.2) is 5.16 Å². The molecule has 1 amide bonds. The van der Waals surface area contributed by atoms with Gasteiger partial charge in [-0.3, -0.25) is 14.2 Å². The number of carbonyl (C=O) groups excluding carboxylic acids is 1. The Kier molecular flexibility index (Phi) is 5.81. The third-order valence-corrected chi connectivity index (χ3v) is 4.90. The van der Waals surface area contributed by atoms with Crippen molar-refractivity contribution in [2.45, 2.75) is 12.1 Å². The Hall–Kier alpha value is -2.80. The summed E-state index contributed by atoms with van der Waals surface area (Å²) in [7, 11) is 3.41. The topological polar surface area (TPSA) is 64.4 Å². The number of fused-ring (bicyclic) bond motifs is 1. The Bertz CT molecular complexity index is 1030. The largest absolute Gasteiger partial charge is 0.492 e. The predicted molar refractivity (Wildman–Crippen MR) is 108 cm³/mol. The minimum Gasteiger partial charge on any atom is -0.492 e. The molecule has 2 aromatic carbocycles. The number of carbonyl (C=O) groups is 1. The zero-order valence-corrected chi connectivity index (χ0v) is 16.3. The maximum Gasteiger partial charge on any atom is 0.266 e. The molecule has 3 aromatic rings. The Morgan fingerprint density at radius 3 is 2.59 bits per heavy atom. The van der Waals surface area contributed by atoms with Crippen LogP contribution in [-0.2, 0) is 4.79 Å². The monoisotopic (exact) mass is 383 g/mol. The van der Waals surface area contributed by atoms with Crippen molar-refractivity contribution in [2.24, 2.45) is 0 Å². The van der Waals surface area contributed by atoms with Crippen LogP contribution in [0.4, 0.5) is 0 Å². The molecule has 3 rings (SSSR count). The van der Waals surface area contributed by atoms with Crippen LogP contribution in [0.2, 0.25) is 0 Å². The molecule has 6 nitrogen and oxygen atoms in total. The smallest absolute Gasteiger partial charge is 0.266 e. The van der Waals surface area contributed by atoms with E-state index in [4.69, 9.17) is 4.74 Å². The van der Waals surface area contributed by atoms with Gasteiger partial charge in [-0.1, -0.05) is 36.0 Å². The normalized spacial score (nSPS) is 10.8. The maximum atomic E-state index is 13.2. The predicted octanol–water partition coefficient (Wildman–Crippen LogP) is 2.96. The van der Waals surface area contributed by atoms with Gasteiger partial charge in [-0.25, -0.2) is 4.98 Å². The molecule has 0 aliphatic heterocycles. The number of hydrogen-bond donors (Lipinski definition) is 0. The summed E-state index contributed by atoms with van der Waals surface area (Å²) in [6, 6.07) is 14.5. The second-order valence-corrected chi connectivity index (χ2v) is 6.97. The number of amides is 1. The minimum atomic E-state index is -0.187. The zero-order chi connectivity index (χ0) is 19.4. The van der Waals surface area contributed by atoms with E-state index in [0.29, 0.717) is 34.1 Å². The molecule has 0 unspecified atom stereocenters. The fourth-order valence-corrected chi connectivity index (χ4v) is 3.58. The van der Waals surface area contributed by atoms with Crippen LogP contribution in [0.1, 0.15) is 6.92 Å². The second kappa shape index (κ2) is 8.26. The first-order chi connectivity index (χ1) is 13.0. The highest BCUT2D eigenvalue weighted by Gasteiger charge is 2.17. The standard InChI is InChI=1S/C20H21N3O3S/c1-4-26-17-12-8-7-11-16(17)23-19(25)14-9-5-6-10-15(14)21-20(23)27-13-18(24)22(2)3/h5-12H,4,13H2,1-3H3. The van der Waals surface area contributed by atoms with E-state index in [-0.39, 0.29) is 17.2 Å². The summed E-state index contributed by atoms with van der Waals surface area (Å²) in [6.45, 7) is 2.37. The lowest BCUT2D eigenvalue weighted by molar-refractivity contribution is -0.125. The molecular formula is C20H21N3O3S. The van der Waals surface area contributed by atoms with E-state index < -0.39 is 0 Å². The molecular weight excluding hydrogens is 362 g/mol. The number of nitrogens with zero attached hydrogens (tertiary/aromatic N) is 3. The number of hydrogen-bond acceptors (Lipinski definition) is 5. The molecule has 0 bridgehead atoms. The highest BCUT2D eigenvalue weighted by molar-refractivity contribution is 7.99. The van der Waals surface area contributed by atoms with Crippen molar-refractivity contribution in [2.75, 3.05) is 26.5 Å². The first kappa shape index (κ1) is 19.0. The first-order valence-electron chi connectivity index (χ1n) is 8.60. The van der Waals surface area contributed by atoms with Gasteiger partial charge in [0.1, 0.15) is 5.75 Å². The quantitative estimate of drug-likeness (QED) is 0.484. The van der Waals surface area contributed by atoms with Gasteiger partial charge in [0.05, 0.1) is 29.0 Å². The van der Waals surface area contributed by atoms with E-state index >= 15 is 0 Å². The molecule has 0 spiro atoms. The summed E-state index contributed by atoms with van der Waals surface area (Å²) in [4.78, 5) is 31.5. The molecule has 27 heavy (non-hydrogen) atoms. The molecule has 1 heterocycles. The number of aromatic nitrogens is 2. The lowest BCUT2D eigenvalue weighted by atomic mass is 10.2. The van der Waals surface area contributed by atoms with E-state index in [1.54, 1.807) is 26.2 Å². The molecule has 0 atom stereocenters. The molecule has 0 radical (unpaired) electrons. The van der Waals surface area contributed by atoms with Gasteiger partial charge in [-0.05, 0) is 31.2 Å². The summed E-state index contributed by atoms with van der Waals surface area (Å²) in [5.41, 5.74) is 1.03. The van der Waals surface area contributed by atoms with E-state index in [0.717, 1.165) is 0 Å². The van der Waals surface area contributed by atoms with Crippen molar-refractivity contribution in [1.29, 1.82) is 0 Å². The Morgan fingerprint density at radius 1 is 1.15 bits per heavy atom. The van der Waals surface area contributed by atoms with Crippen LogP contribution < -0.4 is 10.3 Å². The van der Waals surface area contributed by atoms with E-state index in [1.807, 2.05) is 43.3 Å². The van der Waals surface area contributed by atoms with Crippen molar-refractivity contribution in [1.82, 2.24) is 14.5 Å². The first-order valence-corrected chi connectivity index (χ1v) is 9.58. The number of thioether (sulfide) groups is 1. The highest BCUT2D eigenvalue weighted by atomic mass is 32.2. The Morgan fingerprint density at radius 2 is 1.85 bits per heavy atom. The van der Waals surface area contributed by atoms with Crippen LogP contribution >= 0.6 is 11.8 Å². The van der Waals surface area contributed by atoms with E-state index in [9.17, 15) is 9.59 Å². The maximum absolute atomic E-state index is 13.2. The number of benzene rings is 2. The Labute approximate surface area is 161 Å². The lowest BCUT2D eigenvalue weighted by Gasteiger charge is -2.17. The van der Waals surface area contributed by atoms with Crippen LogP contribution in [0.25, 0.3) is 16.6 Å². The van der Waals surface area contributed by atoms with Crippen molar-refractivity contribution in [3.05, 3.63) is 58.9 Å². The van der Waals surface area contributed by atoms with Gasteiger partial charge in [0.2, 0.25) is 5.91 Å². The Balaban J connectivity index is 2.20. The van der Waals surface area contributed by atoms with Gasteiger partial charge < -0.3 is 9.64 Å². The summed E-state index contributed by atoms with van der Waals surface area (Å²) in [6.07, 6.45) is 0. The van der Waals surface area contributed by atoms with Gasteiger partial charge >= 0.3 is 0 Å². The molecule has 0 aliphatic carbocycles. The summed E-state index contributed by atoms with van der Waals surface area (Å²) >= 11 is 1.24. The molecule has 0 fully saturated rings. The fraction of sp³-hybridized carbons (Fsp3) is 0.250. The second-order valence-electron chi connectivity index (χ2n) is 6.03. The SMILES string of the molecule is CCOc1ccccc1-n1c(SCC(=O)N(C)C)nc2ccccc2c1=O. The van der Waals surface area contributed by atoms with Crippen LogP contribution in [0, 0.1) is 0 Å². The van der Waals surface area contributed by atoms with Crippen molar-refractivity contribution in [3.63, 3.8) is 0 Å². The fourth-order valence-electron chi connectivity index (χ4n) is 2.60. The average molecular weight is 383 g/mol. The minimum absolute atomic E-state index is 0.0490. The van der Waals surface area contributed by atoms with Crippen molar-refractivity contribution < 1.29 is 9.53 Å². The molecule has 0 saturated carbocycles. The molecule has 1 aromatic heterocycles. The highest BCUT2D eigenvalue weighted by Crippen LogP contribution is 2.27. The summed E-state index contributed by atoms with van der Waals surface area (Å²) in [5.74, 6) is 0.737. The molecule has 0 saturated heterocycles. The van der Waals surface area contributed by atoms with Crippen LogP contribution in [0.15, 0.2) is 58.5 Å². The number of ether oxygens (including phenoxy) is 1. The summed E-state index contributed by atoms with van der Waals surface area (Å²) in [5, 5.41) is 0.980. The molecule has 0 aliphatic rings. The van der Waals surface area contributed by atoms with Crippen LogP contribution in [0.5, 0.6) is 5.75 Å². The number of rotatable bonds is 6. The van der Waals surface area contributed by atoms with Gasteiger partial charge in [-0.15, -0.1) is 0 Å². The van der Waals surface area contributed by atoms with Gasteiger partial charge in [0, 0.05) is 14.1 Å². The van der Waals surface area contributed by atoms with E-state index in [1.165, 1.54) is 21.2 Å². The number of para-hydroxylation sites is 3. The molecule has 0 N–H and O–H groups in total.